The second-order valence-electron chi connectivity index (χ2n) is 9.59. The molecule has 4 nitrogen and oxygen atoms in total. The maximum absolute atomic E-state index is 12.6. The molecule has 2 aromatic rings. The van der Waals surface area contributed by atoms with E-state index in [0.29, 0.717) is 17.6 Å². The Bertz CT molecular complexity index is 846. The number of nitrogens with zero attached hydrogens (tertiary/aromatic N) is 2. The number of benzene rings is 2. The van der Waals surface area contributed by atoms with E-state index in [1.807, 2.05) is 0 Å². The lowest BCUT2D eigenvalue weighted by Gasteiger charge is -2.36. The van der Waals surface area contributed by atoms with Crippen molar-refractivity contribution in [2.75, 3.05) is 54.4 Å². The summed E-state index contributed by atoms with van der Waals surface area (Å²) in [5, 5.41) is 3.23. The van der Waals surface area contributed by atoms with Crippen LogP contribution in [0.4, 0.5) is 11.4 Å². The van der Waals surface area contributed by atoms with Crippen LogP contribution in [0.25, 0.3) is 0 Å². The number of hydrogen-bond acceptors (Lipinski definition) is 4. The standard InChI is InChI=1S/C28H41N3OS.2ClH/c1-22(2)25-13-10-14-26(23(3)4)28(25)29-27(32)21-33-20-9-8-15-30-16-18-31(19-17-30)24-11-6-5-7-12-24;;/h5-7,10-14,22-23H,8-9,15-21H2,1-4H3,(H,29,32);2*1H. The van der Waals surface area contributed by atoms with Crippen LogP contribution in [0.3, 0.4) is 0 Å². The average Bonchev–Trinajstić information content (AvgIpc) is 2.82. The van der Waals surface area contributed by atoms with Crippen molar-refractivity contribution in [1.29, 1.82) is 0 Å². The van der Waals surface area contributed by atoms with Gasteiger partial charge in [-0.25, -0.2) is 0 Å². The number of piperazine rings is 1. The van der Waals surface area contributed by atoms with Crippen LogP contribution in [0.15, 0.2) is 48.5 Å². The Morgan fingerprint density at radius 2 is 1.46 bits per heavy atom. The van der Waals surface area contributed by atoms with E-state index >= 15 is 0 Å². The van der Waals surface area contributed by atoms with Gasteiger partial charge in [-0.05, 0) is 60.2 Å². The van der Waals surface area contributed by atoms with Gasteiger partial charge in [0.25, 0.3) is 0 Å². The number of amides is 1. The zero-order valence-corrected chi connectivity index (χ0v) is 24.1. The Morgan fingerprint density at radius 1 is 0.857 bits per heavy atom. The van der Waals surface area contributed by atoms with E-state index in [1.165, 1.54) is 23.2 Å². The molecular formula is C28H43Cl2N3OS. The molecule has 7 heteroatoms. The highest BCUT2D eigenvalue weighted by atomic mass is 35.5. The van der Waals surface area contributed by atoms with E-state index in [1.54, 1.807) is 11.8 Å². The monoisotopic (exact) mass is 539 g/mol. The molecule has 1 aliphatic heterocycles. The number of para-hydroxylation sites is 2. The predicted molar refractivity (Wildman–Crippen MR) is 159 cm³/mol. The molecule has 1 saturated heterocycles. The third kappa shape index (κ3) is 9.87. The molecule has 1 fully saturated rings. The predicted octanol–water partition coefficient (Wildman–Crippen LogP) is 7.05. The van der Waals surface area contributed by atoms with Gasteiger partial charge in [0.1, 0.15) is 0 Å². The molecule has 1 amide bonds. The molecule has 0 aromatic heterocycles. The maximum Gasteiger partial charge on any atom is 0.234 e. The molecule has 0 atom stereocenters. The van der Waals surface area contributed by atoms with E-state index < -0.39 is 0 Å². The minimum absolute atomic E-state index is 0. The Morgan fingerprint density at radius 3 is 2.03 bits per heavy atom. The third-order valence-electron chi connectivity index (χ3n) is 6.38. The Balaban J connectivity index is 0.00000306. The molecule has 0 saturated carbocycles. The summed E-state index contributed by atoms with van der Waals surface area (Å²) < 4.78 is 0. The lowest BCUT2D eigenvalue weighted by molar-refractivity contribution is -0.113. The fourth-order valence-electron chi connectivity index (χ4n) is 4.44. The van der Waals surface area contributed by atoms with Gasteiger partial charge in [0.2, 0.25) is 5.91 Å². The minimum Gasteiger partial charge on any atom is -0.369 e. The van der Waals surface area contributed by atoms with Crippen molar-refractivity contribution >= 4 is 53.9 Å². The van der Waals surface area contributed by atoms with Crippen molar-refractivity contribution in [2.24, 2.45) is 0 Å². The zero-order chi connectivity index (χ0) is 23.6. The number of hydrogen-bond donors (Lipinski definition) is 1. The first-order chi connectivity index (χ1) is 16.0. The summed E-state index contributed by atoms with van der Waals surface area (Å²) >= 11 is 1.75. The van der Waals surface area contributed by atoms with Crippen molar-refractivity contribution < 1.29 is 4.79 Å². The normalized spacial score (nSPS) is 13.9. The van der Waals surface area contributed by atoms with Gasteiger partial charge in [-0.15, -0.1) is 24.8 Å². The highest BCUT2D eigenvalue weighted by Gasteiger charge is 2.17. The molecule has 0 bridgehead atoms. The number of thioether (sulfide) groups is 1. The van der Waals surface area contributed by atoms with Crippen LogP contribution in [-0.4, -0.2) is 55.0 Å². The number of rotatable bonds is 11. The molecule has 2 aromatic carbocycles. The van der Waals surface area contributed by atoms with Gasteiger partial charge in [-0.3, -0.25) is 9.69 Å². The summed E-state index contributed by atoms with van der Waals surface area (Å²) in [6.07, 6.45) is 2.37. The van der Waals surface area contributed by atoms with Crippen LogP contribution >= 0.6 is 36.6 Å². The van der Waals surface area contributed by atoms with Crippen LogP contribution < -0.4 is 10.2 Å². The van der Waals surface area contributed by atoms with Crippen molar-refractivity contribution in [3.8, 4) is 0 Å². The van der Waals surface area contributed by atoms with Gasteiger partial charge in [0, 0.05) is 37.6 Å². The molecule has 35 heavy (non-hydrogen) atoms. The van der Waals surface area contributed by atoms with Crippen molar-refractivity contribution in [1.82, 2.24) is 4.90 Å². The summed E-state index contributed by atoms with van der Waals surface area (Å²) in [7, 11) is 0. The van der Waals surface area contributed by atoms with Crippen molar-refractivity contribution in [3.05, 3.63) is 59.7 Å². The molecule has 196 valence electrons. The molecule has 0 radical (unpaired) electrons. The summed E-state index contributed by atoms with van der Waals surface area (Å²) in [4.78, 5) is 17.7. The van der Waals surface area contributed by atoms with E-state index in [9.17, 15) is 4.79 Å². The molecule has 1 N–H and O–H groups in total. The fourth-order valence-corrected chi connectivity index (χ4v) is 5.25. The molecule has 1 heterocycles. The smallest absolute Gasteiger partial charge is 0.234 e. The van der Waals surface area contributed by atoms with E-state index in [4.69, 9.17) is 0 Å². The second-order valence-corrected chi connectivity index (χ2v) is 10.7. The summed E-state index contributed by atoms with van der Waals surface area (Å²) in [6, 6.07) is 17.1. The minimum atomic E-state index is 0. The van der Waals surface area contributed by atoms with Crippen molar-refractivity contribution in [3.63, 3.8) is 0 Å². The maximum atomic E-state index is 12.6. The fraction of sp³-hybridized carbons (Fsp3) is 0.536. The van der Waals surface area contributed by atoms with Crippen LogP contribution in [0.1, 0.15) is 63.5 Å². The number of carbonyl (C=O) groups excluding carboxylic acids is 1. The van der Waals surface area contributed by atoms with Gasteiger partial charge < -0.3 is 10.2 Å². The highest BCUT2D eigenvalue weighted by Crippen LogP contribution is 2.32. The number of anilines is 2. The second kappa shape index (κ2) is 16.4. The lowest BCUT2D eigenvalue weighted by atomic mass is 9.92. The Labute approximate surface area is 229 Å². The molecule has 0 spiro atoms. The molecular weight excluding hydrogens is 497 g/mol. The largest absolute Gasteiger partial charge is 0.369 e. The average molecular weight is 541 g/mol. The molecule has 1 aliphatic rings. The SMILES string of the molecule is CC(C)c1cccc(C(C)C)c1NC(=O)CSCCCCN1CCN(c2ccccc2)CC1.Cl.Cl. The molecule has 3 rings (SSSR count). The first-order valence-electron chi connectivity index (χ1n) is 12.5. The number of nitrogens with one attached hydrogen (secondary N) is 1. The Hall–Kier alpha value is -1.40. The van der Waals surface area contributed by atoms with Crippen LogP contribution in [0.2, 0.25) is 0 Å². The van der Waals surface area contributed by atoms with Crippen LogP contribution in [0, 0.1) is 0 Å². The van der Waals surface area contributed by atoms with Crippen LogP contribution in [-0.2, 0) is 4.79 Å². The van der Waals surface area contributed by atoms with E-state index in [-0.39, 0.29) is 30.7 Å². The summed E-state index contributed by atoms with van der Waals surface area (Å²) in [6.45, 7) is 14.4. The van der Waals surface area contributed by atoms with Crippen molar-refractivity contribution in [2.45, 2.75) is 52.4 Å². The van der Waals surface area contributed by atoms with Gasteiger partial charge in [0.05, 0.1) is 5.75 Å². The number of halogens is 2. The van der Waals surface area contributed by atoms with Gasteiger partial charge in [0.15, 0.2) is 0 Å². The quantitative estimate of drug-likeness (QED) is 0.310. The van der Waals surface area contributed by atoms with Gasteiger partial charge >= 0.3 is 0 Å². The summed E-state index contributed by atoms with van der Waals surface area (Å²) in [5.74, 6) is 2.47. The van der Waals surface area contributed by atoms with E-state index in [0.717, 1.165) is 50.6 Å². The summed E-state index contributed by atoms with van der Waals surface area (Å²) in [5.41, 5.74) is 4.82. The topological polar surface area (TPSA) is 35.6 Å². The molecule has 0 aliphatic carbocycles. The zero-order valence-electron chi connectivity index (χ0n) is 21.7. The lowest BCUT2D eigenvalue weighted by Crippen LogP contribution is -2.46. The van der Waals surface area contributed by atoms with Crippen LogP contribution in [0.5, 0.6) is 0 Å². The van der Waals surface area contributed by atoms with Gasteiger partial charge in [-0.1, -0.05) is 64.1 Å². The van der Waals surface area contributed by atoms with E-state index in [2.05, 4.69) is 91.3 Å². The number of carbonyl (C=O) groups is 1. The number of unbranched alkanes of at least 4 members (excludes halogenated alkanes) is 1. The third-order valence-corrected chi connectivity index (χ3v) is 7.42. The molecule has 0 unspecified atom stereocenters. The highest BCUT2D eigenvalue weighted by molar-refractivity contribution is 7.99. The first kappa shape index (κ1) is 31.6. The Kier molecular flexibility index (Phi) is 14.8. The van der Waals surface area contributed by atoms with Gasteiger partial charge in [-0.2, -0.15) is 11.8 Å². The first-order valence-corrected chi connectivity index (χ1v) is 13.6.